The van der Waals surface area contributed by atoms with Crippen molar-refractivity contribution in [3.8, 4) is 0 Å². The third kappa shape index (κ3) is 4.90. The van der Waals surface area contributed by atoms with Crippen molar-refractivity contribution in [2.75, 3.05) is 5.75 Å². The molecule has 0 radical (unpaired) electrons. The van der Waals surface area contributed by atoms with Gasteiger partial charge in [0.2, 0.25) is 5.89 Å². The number of benzene rings is 2. The second kappa shape index (κ2) is 9.46. The van der Waals surface area contributed by atoms with E-state index in [9.17, 15) is 4.79 Å². The van der Waals surface area contributed by atoms with Crippen molar-refractivity contribution in [2.45, 2.75) is 31.0 Å². The highest BCUT2D eigenvalue weighted by molar-refractivity contribution is 7.99. The zero-order valence-electron chi connectivity index (χ0n) is 18.0. The molecule has 166 valence electrons. The van der Waals surface area contributed by atoms with Crippen molar-refractivity contribution in [1.82, 2.24) is 15.2 Å². The van der Waals surface area contributed by atoms with Gasteiger partial charge in [-0.1, -0.05) is 71.9 Å². The van der Waals surface area contributed by atoms with Gasteiger partial charge in [-0.2, -0.15) is 5.10 Å². The zero-order chi connectivity index (χ0) is 22.6. The molecule has 1 aliphatic rings. The van der Waals surface area contributed by atoms with Gasteiger partial charge in [0.05, 0.1) is 24.1 Å². The van der Waals surface area contributed by atoms with Gasteiger partial charge in [-0.3, -0.25) is 4.79 Å². The Balaban J connectivity index is 1.28. The monoisotopic (exact) mass is 458 g/mol. The number of carbonyl (C=O) groups excluding carboxylic acids is 1. The Morgan fingerprint density at radius 2 is 1.88 bits per heavy atom. The standard InChI is InChI=1S/C25H22N4O3S/c1-17-9-11-19(12-10-17)20-15-21(22-8-5-13-31-22)29(28-20)24(30)16-33-25-27-26-23(32-25)14-18-6-3-2-4-7-18/h2-13,21H,14-16H2,1H3/t21-/m0/s1. The van der Waals surface area contributed by atoms with Crippen LogP contribution in [-0.2, 0) is 11.2 Å². The van der Waals surface area contributed by atoms with Gasteiger partial charge in [0.25, 0.3) is 11.1 Å². The minimum Gasteiger partial charge on any atom is -0.467 e. The van der Waals surface area contributed by atoms with Gasteiger partial charge in [-0.15, -0.1) is 10.2 Å². The Morgan fingerprint density at radius 1 is 1.06 bits per heavy atom. The van der Waals surface area contributed by atoms with Crippen LogP contribution in [-0.4, -0.2) is 32.6 Å². The molecule has 0 saturated carbocycles. The van der Waals surface area contributed by atoms with E-state index in [2.05, 4.69) is 15.3 Å². The minimum absolute atomic E-state index is 0.134. The van der Waals surface area contributed by atoms with Gasteiger partial charge in [0.15, 0.2) is 0 Å². The van der Waals surface area contributed by atoms with Gasteiger partial charge in [0.1, 0.15) is 11.8 Å². The summed E-state index contributed by atoms with van der Waals surface area (Å²) < 4.78 is 11.3. The molecule has 0 saturated heterocycles. The highest BCUT2D eigenvalue weighted by Crippen LogP contribution is 2.34. The summed E-state index contributed by atoms with van der Waals surface area (Å²) in [5.41, 5.74) is 4.13. The van der Waals surface area contributed by atoms with Crippen LogP contribution in [0.15, 0.2) is 92.2 Å². The van der Waals surface area contributed by atoms with E-state index in [1.165, 1.54) is 22.3 Å². The van der Waals surface area contributed by atoms with E-state index in [-0.39, 0.29) is 17.7 Å². The first-order chi connectivity index (χ1) is 16.2. The molecule has 0 N–H and O–H groups in total. The third-order valence-corrected chi connectivity index (χ3v) is 6.19. The second-order valence-electron chi connectivity index (χ2n) is 7.80. The Hall–Kier alpha value is -3.65. The van der Waals surface area contributed by atoms with Gasteiger partial charge in [-0.05, 0) is 30.2 Å². The SMILES string of the molecule is Cc1ccc(C2=NN(C(=O)CSc3nnc(Cc4ccccc4)o3)[C@H](c3ccco3)C2)cc1. The molecule has 2 aromatic heterocycles. The summed E-state index contributed by atoms with van der Waals surface area (Å²) in [7, 11) is 0. The van der Waals surface area contributed by atoms with Crippen LogP contribution in [0.5, 0.6) is 0 Å². The van der Waals surface area contributed by atoms with E-state index < -0.39 is 0 Å². The largest absolute Gasteiger partial charge is 0.467 e. The summed E-state index contributed by atoms with van der Waals surface area (Å²) in [6.45, 7) is 2.04. The van der Waals surface area contributed by atoms with Gasteiger partial charge in [0, 0.05) is 6.42 Å². The molecular weight excluding hydrogens is 436 g/mol. The fraction of sp³-hybridized carbons (Fsp3) is 0.200. The highest BCUT2D eigenvalue weighted by atomic mass is 32.2. The highest BCUT2D eigenvalue weighted by Gasteiger charge is 2.35. The first-order valence-electron chi connectivity index (χ1n) is 10.6. The molecule has 0 bridgehead atoms. The van der Waals surface area contributed by atoms with Crippen molar-refractivity contribution < 1.29 is 13.6 Å². The van der Waals surface area contributed by atoms with E-state index in [1.54, 1.807) is 6.26 Å². The lowest BCUT2D eigenvalue weighted by Crippen LogP contribution is -2.28. The second-order valence-corrected chi connectivity index (χ2v) is 8.73. The quantitative estimate of drug-likeness (QED) is 0.361. The average molecular weight is 459 g/mol. The number of aryl methyl sites for hydroxylation is 1. The maximum absolute atomic E-state index is 13.1. The maximum Gasteiger partial charge on any atom is 0.277 e. The Morgan fingerprint density at radius 3 is 2.64 bits per heavy atom. The summed E-state index contributed by atoms with van der Waals surface area (Å²) in [5.74, 6) is 1.22. The number of rotatable bonds is 7. The summed E-state index contributed by atoms with van der Waals surface area (Å²) >= 11 is 1.21. The minimum atomic E-state index is -0.277. The van der Waals surface area contributed by atoms with E-state index in [1.807, 2.05) is 73.7 Å². The number of hydrogen-bond acceptors (Lipinski definition) is 7. The van der Waals surface area contributed by atoms with Crippen LogP contribution in [0.2, 0.25) is 0 Å². The van der Waals surface area contributed by atoms with Crippen LogP contribution < -0.4 is 0 Å². The molecule has 5 rings (SSSR count). The molecular formula is C25H22N4O3S. The normalized spacial score (nSPS) is 15.6. The number of thioether (sulfide) groups is 1. The van der Waals surface area contributed by atoms with E-state index in [0.717, 1.165) is 16.8 Å². The van der Waals surface area contributed by atoms with Crippen LogP contribution in [0, 0.1) is 6.92 Å². The topological polar surface area (TPSA) is 84.7 Å². The van der Waals surface area contributed by atoms with Crippen LogP contribution in [0.1, 0.15) is 40.8 Å². The molecule has 8 heteroatoms. The summed E-state index contributed by atoms with van der Waals surface area (Å²) in [4.78, 5) is 13.1. The smallest absolute Gasteiger partial charge is 0.277 e. The molecule has 0 fully saturated rings. The van der Waals surface area contributed by atoms with Gasteiger partial charge in [-0.25, -0.2) is 5.01 Å². The molecule has 1 amide bonds. The Bertz CT molecular complexity index is 1250. The van der Waals surface area contributed by atoms with Crippen molar-refractivity contribution in [1.29, 1.82) is 0 Å². The lowest BCUT2D eigenvalue weighted by molar-refractivity contribution is -0.130. The number of amides is 1. The van der Waals surface area contributed by atoms with E-state index >= 15 is 0 Å². The molecule has 2 aromatic carbocycles. The molecule has 1 atom stereocenters. The third-order valence-electron chi connectivity index (χ3n) is 5.39. The van der Waals surface area contributed by atoms with Crippen LogP contribution >= 0.6 is 11.8 Å². The lowest BCUT2D eigenvalue weighted by atomic mass is 10.0. The maximum atomic E-state index is 13.1. The number of carbonyl (C=O) groups is 1. The Kier molecular flexibility index (Phi) is 6.08. The van der Waals surface area contributed by atoms with Gasteiger partial charge < -0.3 is 8.83 Å². The number of aromatic nitrogens is 2. The van der Waals surface area contributed by atoms with Crippen LogP contribution in [0.25, 0.3) is 0 Å². The molecule has 0 aliphatic carbocycles. The van der Waals surface area contributed by atoms with Crippen molar-refractivity contribution in [2.24, 2.45) is 5.10 Å². The summed E-state index contributed by atoms with van der Waals surface area (Å²) in [5, 5.41) is 14.7. The predicted octanol–water partition coefficient (Wildman–Crippen LogP) is 5.03. The molecule has 0 unspecified atom stereocenters. The Labute approximate surface area is 195 Å². The first kappa shape index (κ1) is 21.2. The fourth-order valence-electron chi connectivity index (χ4n) is 3.69. The molecule has 7 nitrogen and oxygen atoms in total. The summed E-state index contributed by atoms with van der Waals surface area (Å²) in [6.07, 6.45) is 2.76. The molecule has 33 heavy (non-hydrogen) atoms. The molecule has 0 spiro atoms. The number of hydrazone groups is 1. The average Bonchev–Trinajstić information content (AvgIpc) is 3.59. The lowest BCUT2D eigenvalue weighted by Gasteiger charge is -2.19. The van der Waals surface area contributed by atoms with Crippen molar-refractivity contribution in [3.05, 3.63) is 101 Å². The van der Waals surface area contributed by atoms with E-state index in [4.69, 9.17) is 8.83 Å². The number of hydrogen-bond donors (Lipinski definition) is 0. The van der Waals surface area contributed by atoms with E-state index in [0.29, 0.717) is 29.7 Å². The zero-order valence-corrected chi connectivity index (χ0v) is 18.9. The predicted molar refractivity (Wildman–Crippen MR) is 125 cm³/mol. The molecule has 1 aliphatic heterocycles. The first-order valence-corrected chi connectivity index (χ1v) is 11.6. The summed E-state index contributed by atoms with van der Waals surface area (Å²) in [6, 6.07) is 21.5. The van der Waals surface area contributed by atoms with Gasteiger partial charge >= 0.3 is 0 Å². The number of nitrogens with zero attached hydrogens (tertiary/aromatic N) is 4. The molecule has 4 aromatic rings. The van der Waals surface area contributed by atoms with Crippen molar-refractivity contribution >= 4 is 23.4 Å². The van der Waals surface area contributed by atoms with Crippen molar-refractivity contribution in [3.63, 3.8) is 0 Å². The van der Waals surface area contributed by atoms with Crippen LogP contribution in [0.4, 0.5) is 0 Å². The fourth-order valence-corrected chi connectivity index (χ4v) is 4.32. The number of furan rings is 1. The van der Waals surface area contributed by atoms with Crippen LogP contribution in [0.3, 0.4) is 0 Å². The molecule has 3 heterocycles.